The second-order valence-corrected chi connectivity index (χ2v) is 8.52. The molecule has 3 aromatic rings. The number of aromatic nitrogens is 3. The van der Waals surface area contributed by atoms with Crippen molar-refractivity contribution in [3.63, 3.8) is 0 Å². The number of H-pyrrole nitrogens is 1. The first kappa shape index (κ1) is 16.6. The number of hydrogen-bond acceptors (Lipinski definition) is 2. The van der Waals surface area contributed by atoms with Crippen LogP contribution in [0.4, 0.5) is 0 Å². The van der Waals surface area contributed by atoms with Crippen molar-refractivity contribution in [1.82, 2.24) is 19.4 Å². The predicted molar refractivity (Wildman–Crippen MR) is 105 cm³/mol. The zero-order valence-electron chi connectivity index (χ0n) is 16.0. The van der Waals surface area contributed by atoms with E-state index in [0.29, 0.717) is 11.8 Å². The summed E-state index contributed by atoms with van der Waals surface area (Å²) in [5, 5.41) is 1.31. The molecule has 5 heteroatoms. The maximum atomic E-state index is 13.6. The Kier molecular flexibility index (Phi) is 3.67. The predicted octanol–water partition coefficient (Wildman–Crippen LogP) is 3.93. The first-order valence-electron chi connectivity index (χ1n) is 9.95. The van der Waals surface area contributed by atoms with Crippen molar-refractivity contribution in [3.8, 4) is 0 Å². The number of rotatable bonds is 4. The molecule has 2 aliphatic rings. The van der Waals surface area contributed by atoms with Crippen molar-refractivity contribution in [1.29, 1.82) is 0 Å². The first-order valence-corrected chi connectivity index (χ1v) is 9.95. The van der Waals surface area contributed by atoms with Gasteiger partial charge in [-0.2, -0.15) is 0 Å². The van der Waals surface area contributed by atoms with Crippen molar-refractivity contribution >= 4 is 16.8 Å². The lowest BCUT2D eigenvalue weighted by atomic mass is 9.88. The highest BCUT2D eigenvalue weighted by Gasteiger charge is 2.53. The van der Waals surface area contributed by atoms with E-state index in [4.69, 9.17) is 0 Å². The van der Waals surface area contributed by atoms with Crippen LogP contribution in [0, 0.1) is 11.3 Å². The molecule has 0 spiro atoms. The Hall–Kier alpha value is -2.56. The van der Waals surface area contributed by atoms with Crippen molar-refractivity contribution < 1.29 is 4.79 Å². The second-order valence-electron chi connectivity index (χ2n) is 8.52. The molecule has 1 unspecified atom stereocenters. The van der Waals surface area contributed by atoms with Gasteiger partial charge in [0.2, 0.25) is 5.91 Å². The summed E-state index contributed by atoms with van der Waals surface area (Å²) in [7, 11) is 0. The molecule has 1 aliphatic carbocycles. The molecule has 0 saturated heterocycles. The number of carbonyl (C=O) groups is 1. The van der Waals surface area contributed by atoms with E-state index in [2.05, 4.69) is 53.0 Å². The second kappa shape index (κ2) is 5.98. The van der Waals surface area contributed by atoms with Crippen LogP contribution in [0.5, 0.6) is 0 Å². The zero-order chi connectivity index (χ0) is 18.6. The maximum Gasteiger partial charge on any atom is 0.231 e. The van der Waals surface area contributed by atoms with E-state index in [-0.39, 0.29) is 11.5 Å². The van der Waals surface area contributed by atoms with Gasteiger partial charge in [-0.05, 0) is 36.8 Å². The molecule has 1 N–H and O–H groups in total. The van der Waals surface area contributed by atoms with E-state index in [0.717, 1.165) is 32.4 Å². The quantitative estimate of drug-likeness (QED) is 0.765. The van der Waals surface area contributed by atoms with Crippen LogP contribution in [0.25, 0.3) is 10.9 Å². The number of aromatic amines is 1. The topological polar surface area (TPSA) is 53.9 Å². The molecule has 1 saturated carbocycles. The summed E-state index contributed by atoms with van der Waals surface area (Å²) in [6, 6.07) is 8.62. The fourth-order valence-corrected chi connectivity index (χ4v) is 4.82. The van der Waals surface area contributed by atoms with Gasteiger partial charge in [-0.3, -0.25) is 4.79 Å². The third-order valence-electron chi connectivity index (χ3n) is 6.32. The van der Waals surface area contributed by atoms with Crippen LogP contribution in [0.3, 0.4) is 0 Å². The monoisotopic (exact) mass is 362 g/mol. The summed E-state index contributed by atoms with van der Waals surface area (Å²) in [6.45, 7) is 6.00. The lowest BCUT2D eigenvalue weighted by molar-refractivity contribution is -0.141. The fourth-order valence-electron chi connectivity index (χ4n) is 4.82. The smallest absolute Gasteiger partial charge is 0.231 e. The highest BCUT2D eigenvalue weighted by atomic mass is 16.2. The molecule has 2 aromatic heterocycles. The summed E-state index contributed by atoms with van der Waals surface area (Å²) in [4.78, 5) is 23.6. The summed E-state index contributed by atoms with van der Waals surface area (Å²) >= 11 is 0. The minimum Gasteiger partial charge on any atom is -0.356 e. The Bertz CT molecular complexity index is 981. The number of hydrogen-bond donors (Lipinski definition) is 1. The van der Waals surface area contributed by atoms with Crippen molar-refractivity contribution in [2.24, 2.45) is 11.3 Å². The van der Waals surface area contributed by atoms with Gasteiger partial charge in [-0.1, -0.05) is 32.0 Å². The van der Waals surface area contributed by atoms with E-state index in [9.17, 15) is 4.79 Å². The summed E-state index contributed by atoms with van der Waals surface area (Å²) in [6.07, 6.45) is 8.44. The standard InChI is InChI=1S/C22H26N4O/c1-15(2)20-19-17(16-5-3-4-6-18(16)24-19)7-11-26(20)21(27)22(8-9-22)13-25-12-10-23-14-25/h3-6,10,12,14-15,20,24H,7-9,11,13H2,1-2H3. The molecule has 1 atom stereocenters. The molecule has 1 amide bonds. The number of para-hydroxylation sites is 1. The molecule has 0 bridgehead atoms. The molecule has 1 aliphatic heterocycles. The lowest BCUT2D eigenvalue weighted by Gasteiger charge is -2.40. The van der Waals surface area contributed by atoms with Gasteiger partial charge < -0.3 is 14.5 Å². The van der Waals surface area contributed by atoms with Crippen molar-refractivity contribution in [3.05, 3.63) is 54.2 Å². The van der Waals surface area contributed by atoms with E-state index in [1.807, 2.05) is 17.1 Å². The molecule has 3 heterocycles. The Balaban J connectivity index is 1.50. The van der Waals surface area contributed by atoms with Crippen LogP contribution >= 0.6 is 0 Å². The largest absolute Gasteiger partial charge is 0.356 e. The Labute approximate surface area is 159 Å². The molecular weight excluding hydrogens is 336 g/mol. The van der Waals surface area contributed by atoms with Gasteiger partial charge in [-0.25, -0.2) is 4.98 Å². The normalized spacial score (nSPS) is 20.9. The average Bonchev–Trinajstić information content (AvgIpc) is 3.10. The molecule has 27 heavy (non-hydrogen) atoms. The van der Waals surface area contributed by atoms with Gasteiger partial charge in [0, 0.05) is 42.1 Å². The summed E-state index contributed by atoms with van der Waals surface area (Å²) < 4.78 is 2.05. The van der Waals surface area contributed by atoms with E-state index in [1.165, 1.54) is 22.2 Å². The van der Waals surface area contributed by atoms with Crippen LogP contribution < -0.4 is 0 Å². The summed E-state index contributed by atoms with van der Waals surface area (Å²) in [5.41, 5.74) is 3.58. The molecule has 140 valence electrons. The highest BCUT2D eigenvalue weighted by Crippen LogP contribution is 2.51. The maximum absolute atomic E-state index is 13.6. The minimum atomic E-state index is -0.239. The number of fused-ring (bicyclic) bond motifs is 3. The van der Waals surface area contributed by atoms with Crippen LogP contribution in [-0.2, 0) is 17.8 Å². The SMILES string of the molecule is CC(C)C1c2[nH]c3ccccc3c2CCN1C(=O)C1(Cn2ccnc2)CC1. The number of carbonyl (C=O) groups excluding carboxylic acids is 1. The Morgan fingerprint density at radius 2 is 2.15 bits per heavy atom. The molecule has 1 fully saturated rings. The summed E-state index contributed by atoms with van der Waals surface area (Å²) in [5.74, 6) is 0.685. The van der Waals surface area contributed by atoms with Gasteiger partial charge in [0.1, 0.15) is 0 Å². The third-order valence-corrected chi connectivity index (χ3v) is 6.32. The third kappa shape index (κ3) is 2.59. The molecular formula is C22H26N4O. The van der Waals surface area contributed by atoms with Gasteiger partial charge in [0.05, 0.1) is 17.8 Å². The molecule has 1 aromatic carbocycles. The van der Waals surface area contributed by atoms with E-state index in [1.54, 1.807) is 6.20 Å². The Morgan fingerprint density at radius 1 is 1.33 bits per heavy atom. The van der Waals surface area contributed by atoms with Gasteiger partial charge in [0.15, 0.2) is 0 Å². The minimum absolute atomic E-state index is 0.119. The Morgan fingerprint density at radius 3 is 2.85 bits per heavy atom. The number of amides is 1. The van der Waals surface area contributed by atoms with Crippen LogP contribution in [0.15, 0.2) is 43.0 Å². The fraction of sp³-hybridized carbons (Fsp3) is 0.455. The van der Waals surface area contributed by atoms with E-state index < -0.39 is 0 Å². The molecule has 5 rings (SSSR count). The number of nitrogens with one attached hydrogen (secondary N) is 1. The van der Waals surface area contributed by atoms with Crippen molar-refractivity contribution in [2.75, 3.05) is 6.54 Å². The van der Waals surface area contributed by atoms with Crippen molar-refractivity contribution in [2.45, 2.75) is 45.7 Å². The van der Waals surface area contributed by atoms with Crippen LogP contribution in [-0.4, -0.2) is 31.9 Å². The number of imidazole rings is 1. The average molecular weight is 362 g/mol. The highest BCUT2D eigenvalue weighted by molar-refractivity contribution is 5.88. The van der Waals surface area contributed by atoms with Gasteiger partial charge >= 0.3 is 0 Å². The number of benzene rings is 1. The van der Waals surface area contributed by atoms with Crippen LogP contribution in [0.1, 0.15) is 44.0 Å². The van der Waals surface area contributed by atoms with Crippen LogP contribution in [0.2, 0.25) is 0 Å². The lowest BCUT2D eigenvalue weighted by Crippen LogP contribution is -2.46. The molecule has 0 radical (unpaired) electrons. The first-order chi connectivity index (χ1) is 13.1. The van der Waals surface area contributed by atoms with Gasteiger partial charge in [0.25, 0.3) is 0 Å². The zero-order valence-corrected chi connectivity index (χ0v) is 16.0. The van der Waals surface area contributed by atoms with E-state index >= 15 is 0 Å². The molecule has 5 nitrogen and oxygen atoms in total. The van der Waals surface area contributed by atoms with Gasteiger partial charge in [-0.15, -0.1) is 0 Å². The number of nitrogens with zero attached hydrogens (tertiary/aromatic N) is 3.